The molecule has 0 saturated heterocycles. The summed E-state index contributed by atoms with van der Waals surface area (Å²) >= 11 is 0. The van der Waals surface area contributed by atoms with Gasteiger partial charge < -0.3 is 0 Å². The van der Waals surface area contributed by atoms with Gasteiger partial charge in [-0.25, -0.2) is 8.42 Å². The predicted molar refractivity (Wildman–Crippen MR) is 52.6 cm³/mol. The smallest absolute Gasteiger partial charge is 0.264 e. The second-order valence-electron chi connectivity index (χ2n) is 3.63. The van der Waals surface area contributed by atoms with Crippen LogP contribution in [0.1, 0.15) is 19.3 Å². The van der Waals surface area contributed by atoms with Gasteiger partial charge in [0.15, 0.2) is 0 Å². The van der Waals surface area contributed by atoms with Crippen molar-refractivity contribution < 1.29 is 8.42 Å². The minimum Gasteiger partial charge on any atom is -0.271 e. The lowest BCUT2D eigenvalue weighted by molar-refractivity contribution is 0.266. The van der Waals surface area contributed by atoms with Crippen molar-refractivity contribution in [3.05, 3.63) is 12.4 Å². The minimum atomic E-state index is -3.62. The maximum Gasteiger partial charge on any atom is 0.264 e. The molecule has 0 amide bonds. The molecule has 0 radical (unpaired) electrons. The van der Waals surface area contributed by atoms with Gasteiger partial charge in [-0.2, -0.15) is 5.10 Å². The second-order valence-corrected chi connectivity index (χ2v) is 6.20. The number of hydrogen-bond acceptors (Lipinski definition) is 3. The lowest BCUT2D eigenvalue weighted by atomic mass is 9.85. The molecule has 1 fully saturated rings. The summed E-state index contributed by atoms with van der Waals surface area (Å²) in [5.74, 6) is 0.653. The molecule has 1 aromatic heterocycles. The first-order valence-electron chi connectivity index (χ1n) is 4.53. The molecular weight excluding hydrogens is 224 g/mol. The summed E-state index contributed by atoms with van der Waals surface area (Å²) in [5.41, 5.74) is 0. The van der Waals surface area contributed by atoms with E-state index in [0.717, 1.165) is 6.54 Å². The van der Waals surface area contributed by atoms with Crippen molar-refractivity contribution in [3.8, 4) is 0 Å². The highest BCUT2D eigenvalue weighted by Crippen LogP contribution is 2.27. The van der Waals surface area contributed by atoms with Gasteiger partial charge in [-0.3, -0.25) is 4.68 Å². The summed E-state index contributed by atoms with van der Waals surface area (Å²) in [5, 5.41) is 3.96. The van der Waals surface area contributed by atoms with Gasteiger partial charge in [-0.15, -0.1) is 0 Å². The fraction of sp³-hybridized carbons (Fsp3) is 0.625. The Morgan fingerprint density at radius 3 is 2.71 bits per heavy atom. The third-order valence-corrected chi connectivity index (χ3v) is 3.87. The average Bonchev–Trinajstić information content (AvgIpc) is 2.43. The fourth-order valence-corrected chi connectivity index (χ4v) is 2.17. The van der Waals surface area contributed by atoms with Crippen molar-refractivity contribution in [2.45, 2.75) is 30.7 Å². The van der Waals surface area contributed by atoms with Gasteiger partial charge >= 0.3 is 0 Å². The van der Waals surface area contributed by atoms with E-state index in [1.165, 1.54) is 31.7 Å². The van der Waals surface area contributed by atoms with Crippen LogP contribution in [0.15, 0.2) is 17.3 Å². The van der Waals surface area contributed by atoms with Crippen LogP contribution in [0.3, 0.4) is 0 Å². The molecule has 0 N–H and O–H groups in total. The molecule has 0 aliphatic heterocycles. The molecule has 4 nitrogen and oxygen atoms in total. The molecule has 14 heavy (non-hydrogen) atoms. The van der Waals surface area contributed by atoms with Crippen molar-refractivity contribution in [1.29, 1.82) is 0 Å². The van der Waals surface area contributed by atoms with Crippen molar-refractivity contribution in [1.82, 2.24) is 9.78 Å². The second kappa shape index (κ2) is 3.55. The third kappa shape index (κ3) is 2.09. The standard InChI is InChI=1S/C8H11ClN2O2S/c9-14(12,13)8-4-10-11(6-8)5-7-2-1-3-7/h4,6-7H,1-3,5H2. The molecule has 1 saturated carbocycles. The summed E-state index contributed by atoms with van der Waals surface area (Å²) in [4.78, 5) is 0.0819. The van der Waals surface area contributed by atoms with E-state index in [2.05, 4.69) is 5.10 Å². The van der Waals surface area contributed by atoms with Crippen LogP contribution in [-0.4, -0.2) is 18.2 Å². The summed E-state index contributed by atoms with van der Waals surface area (Å²) < 4.78 is 23.5. The number of aromatic nitrogens is 2. The van der Waals surface area contributed by atoms with Crippen LogP contribution in [0.25, 0.3) is 0 Å². The summed E-state index contributed by atoms with van der Waals surface area (Å²) in [6, 6.07) is 0. The molecule has 1 aliphatic rings. The van der Waals surface area contributed by atoms with E-state index in [4.69, 9.17) is 10.7 Å². The van der Waals surface area contributed by atoms with Gasteiger partial charge in [0.1, 0.15) is 4.90 Å². The van der Waals surface area contributed by atoms with Gasteiger partial charge in [0.25, 0.3) is 9.05 Å². The highest BCUT2D eigenvalue weighted by atomic mass is 35.7. The van der Waals surface area contributed by atoms with Crippen LogP contribution >= 0.6 is 10.7 Å². The first-order valence-corrected chi connectivity index (χ1v) is 6.84. The van der Waals surface area contributed by atoms with Gasteiger partial charge in [0.2, 0.25) is 0 Å². The lowest BCUT2D eigenvalue weighted by Gasteiger charge is -2.24. The molecule has 2 rings (SSSR count). The highest BCUT2D eigenvalue weighted by Gasteiger charge is 2.19. The van der Waals surface area contributed by atoms with Gasteiger partial charge in [0, 0.05) is 23.4 Å². The first kappa shape index (κ1) is 9.98. The van der Waals surface area contributed by atoms with E-state index in [1.807, 2.05) is 0 Å². The third-order valence-electron chi connectivity index (χ3n) is 2.56. The monoisotopic (exact) mass is 234 g/mol. The Kier molecular flexibility index (Phi) is 2.53. The van der Waals surface area contributed by atoms with Crippen molar-refractivity contribution >= 4 is 19.7 Å². The Bertz CT molecular complexity index is 422. The van der Waals surface area contributed by atoms with Crippen LogP contribution < -0.4 is 0 Å². The van der Waals surface area contributed by atoms with Crippen molar-refractivity contribution in [2.75, 3.05) is 0 Å². The molecule has 0 bridgehead atoms. The maximum absolute atomic E-state index is 10.9. The van der Waals surface area contributed by atoms with Crippen LogP contribution in [0.2, 0.25) is 0 Å². The Hall–Kier alpha value is -0.550. The van der Waals surface area contributed by atoms with Gasteiger partial charge in [0.05, 0.1) is 6.20 Å². The maximum atomic E-state index is 10.9. The Balaban J connectivity index is 2.09. The molecule has 1 heterocycles. The number of halogens is 1. The predicted octanol–water partition coefficient (Wildman–Crippen LogP) is 1.61. The Morgan fingerprint density at radius 1 is 1.57 bits per heavy atom. The fourth-order valence-electron chi connectivity index (χ4n) is 1.51. The van der Waals surface area contributed by atoms with E-state index in [0.29, 0.717) is 5.92 Å². The molecule has 1 aliphatic carbocycles. The molecule has 0 spiro atoms. The summed E-state index contributed by atoms with van der Waals surface area (Å²) in [6.45, 7) is 0.798. The number of nitrogens with zero attached hydrogens (tertiary/aromatic N) is 2. The number of hydrogen-bond donors (Lipinski definition) is 0. The van der Waals surface area contributed by atoms with E-state index in [-0.39, 0.29) is 4.90 Å². The zero-order valence-corrected chi connectivity index (χ0v) is 9.13. The molecule has 1 aromatic rings. The average molecular weight is 235 g/mol. The topological polar surface area (TPSA) is 52.0 Å². The Labute approximate surface area is 87.3 Å². The van der Waals surface area contributed by atoms with Gasteiger partial charge in [-0.05, 0) is 18.8 Å². The quantitative estimate of drug-likeness (QED) is 0.747. The minimum absolute atomic E-state index is 0.0819. The van der Waals surface area contributed by atoms with Crippen LogP contribution in [0.4, 0.5) is 0 Å². The van der Waals surface area contributed by atoms with Crippen molar-refractivity contribution in [2.24, 2.45) is 5.92 Å². The zero-order valence-electron chi connectivity index (χ0n) is 7.56. The molecule has 0 atom stereocenters. The molecule has 0 unspecified atom stereocenters. The zero-order chi connectivity index (χ0) is 10.2. The van der Waals surface area contributed by atoms with Crippen LogP contribution in [0, 0.1) is 5.92 Å². The Morgan fingerprint density at radius 2 is 2.29 bits per heavy atom. The molecule has 78 valence electrons. The van der Waals surface area contributed by atoms with E-state index in [1.54, 1.807) is 4.68 Å². The van der Waals surface area contributed by atoms with Crippen LogP contribution in [-0.2, 0) is 15.6 Å². The molecular formula is C8H11ClN2O2S. The molecule has 6 heteroatoms. The van der Waals surface area contributed by atoms with E-state index in [9.17, 15) is 8.42 Å². The van der Waals surface area contributed by atoms with Crippen molar-refractivity contribution in [3.63, 3.8) is 0 Å². The lowest BCUT2D eigenvalue weighted by Crippen LogP contribution is -2.18. The highest BCUT2D eigenvalue weighted by molar-refractivity contribution is 8.13. The molecule has 0 aromatic carbocycles. The largest absolute Gasteiger partial charge is 0.271 e. The number of rotatable bonds is 3. The van der Waals surface area contributed by atoms with Gasteiger partial charge in [-0.1, -0.05) is 6.42 Å². The van der Waals surface area contributed by atoms with Crippen LogP contribution in [0.5, 0.6) is 0 Å². The summed E-state index contributed by atoms with van der Waals surface area (Å²) in [7, 11) is 1.56. The SMILES string of the molecule is O=S(=O)(Cl)c1cnn(CC2CCC2)c1. The van der Waals surface area contributed by atoms with E-state index >= 15 is 0 Å². The summed E-state index contributed by atoms with van der Waals surface area (Å²) in [6.07, 6.45) is 6.47. The first-order chi connectivity index (χ1) is 6.55. The normalized spacial score (nSPS) is 18.1. The van der Waals surface area contributed by atoms with E-state index < -0.39 is 9.05 Å².